The lowest BCUT2D eigenvalue weighted by atomic mass is 9.82. The van der Waals surface area contributed by atoms with Crippen LogP contribution in [0.4, 0.5) is 0 Å². The average molecular weight is 739 g/mol. The zero-order chi connectivity index (χ0) is 38.8. The van der Waals surface area contributed by atoms with E-state index in [1.807, 2.05) is 36.4 Å². The molecule has 0 spiro atoms. The summed E-state index contributed by atoms with van der Waals surface area (Å²) >= 11 is 0. The Hall–Kier alpha value is -7.92. The van der Waals surface area contributed by atoms with Gasteiger partial charge < -0.3 is 9.47 Å². The van der Waals surface area contributed by atoms with E-state index >= 15 is 0 Å². The van der Waals surface area contributed by atoms with Crippen LogP contribution in [0.25, 0.3) is 121 Å². The summed E-state index contributed by atoms with van der Waals surface area (Å²) in [4.78, 5) is 0. The summed E-state index contributed by atoms with van der Waals surface area (Å²) in [5.41, 5.74) is 14.3. The monoisotopic (exact) mass is 738 g/mol. The summed E-state index contributed by atoms with van der Waals surface area (Å²) in [5.74, 6) is 1.40. The van der Waals surface area contributed by atoms with Gasteiger partial charge in [-0.05, 0) is 158 Å². The Balaban J connectivity index is 1.25. The SMILES string of the molecule is COc1ccc(C#N)c(-c2c3c(cc4c2ccc2c5cc6c(c(-c7cc(OC)ccc7C#N)c5ccc42)-c2cccc4cccc-6c24)-c2cccc4cccc-3c24)c1. The second-order valence-corrected chi connectivity index (χ2v) is 15.2. The van der Waals surface area contributed by atoms with Crippen LogP contribution in [0.3, 0.4) is 0 Å². The zero-order valence-corrected chi connectivity index (χ0v) is 31.6. The number of ether oxygens (including phenoxy) is 2. The maximum atomic E-state index is 10.5. The van der Waals surface area contributed by atoms with Gasteiger partial charge in [-0.2, -0.15) is 10.5 Å². The van der Waals surface area contributed by atoms with Crippen LogP contribution in [0.15, 0.2) is 146 Å². The van der Waals surface area contributed by atoms with E-state index in [0.717, 1.165) is 76.8 Å². The van der Waals surface area contributed by atoms with Gasteiger partial charge in [-0.1, -0.05) is 97.1 Å². The van der Waals surface area contributed by atoms with Crippen LogP contribution in [0.5, 0.6) is 11.5 Å². The minimum Gasteiger partial charge on any atom is -0.497 e. The summed E-state index contributed by atoms with van der Waals surface area (Å²) in [5, 5.41) is 32.5. The molecule has 0 aromatic heterocycles. The molecule has 12 rings (SSSR count). The van der Waals surface area contributed by atoms with Crippen LogP contribution in [-0.4, -0.2) is 14.2 Å². The fraction of sp³-hybridized carbons (Fsp3) is 0.0370. The van der Waals surface area contributed by atoms with Crippen molar-refractivity contribution in [3.8, 4) is 90.4 Å². The fourth-order valence-electron chi connectivity index (χ4n) is 10.2. The van der Waals surface area contributed by atoms with Crippen LogP contribution >= 0.6 is 0 Å². The summed E-state index contributed by atoms with van der Waals surface area (Å²) < 4.78 is 11.5. The summed E-state index contributed by atoms with van der Waals surface area (Å²) in [6.07, 6.45) is 0. The molecule has 10 aromatic carbocycles. The molecule has 268 valence electrons. The number of fused-ring (bicyclic) bond motifs is 11. The summed E-state index contributed by atoms with van der Waals surface area (Å²) in [6, 6.07) is 56.3. The predicted molar refractivity (Wildman–Crippen MR) is 236 cm³/mol. The lowest BCUT2D eigenvalue weighted by Gasteiger charge is -2.20. The van der Waals surface area contributed by atoms with Gasteiger partial charge in [0.15, 0.2) is 0 Å². The van der Waals surface area contributed by atoms with Crippen molar-refractivity contribution in [3.05, 3.63) is 157 Å². The van der Waals surface area contributed by atoms with Crippen molar-refractivity contribution in [2.45, 2.75) is 0 Å². The van der Waals surface area contributed by atoms with Gasteiger partial charge in [0, 0.05) is 11.1 Å². The number of hydrogen-bond acceptors (Lipinski definition) is 4. The molecule has 0 aliphatic heterocycles. The third kappa shape index (κ3) is 4.16. The third-order valence-corrected chi connectivity index (χ3v) is 12.6. The highest BCUT2D eigenvalue weighted by atomic mass is 16.5. The number of hydrogen-bond donors (Lipinski definition) is 0. The Bertz CT molecular complexity index is 3370. The minimum atomic E-state index is 0.595. The molecule has 0 atom stereocenters. The Morgan fingerprint density at radius 2 is 0.741 bits per heavy atom. The first kappa shape index (κ1) is 32.3. The van der Waals surface area contributed by atoms with Gasteiger partial charge >= 0.3 is 0 Å². The maximum absolute atomic E-state index is 10.5. The van der Waals surface area contributed by atoms with E-state index in [1.54, 1.807) is 14.2 Å². The normalized spacial score (nSPS) is 11.9. The minimum absolute atomic E-state index is 0.595. The number of methoxy groups -OCH3 is 2. The highest BCUT2D eigenvalue weighted by Gasteiger charge is 2.31. The van der Waals surface area contributed by atoms with E-state index in [-0.39, 0.29) is 0 Å². The molecule has 0 bridgehead atoms. The van der Waals surface area contributed by atoms with Crippen LogP contribution in [0.2, 0.25) is 0 Å². The average Bonchev–Trinajstić information content (AvgIpc) is 3.78. The van der Waals surface area contributed by atoms with Gasteiger partial charge in [0.2, 0.25) is 0 Å². The van der Waals surface area contributed by atoms with E-state index in [2.05, 4.69) is 121 Å². The second-order valence-electron chi connectivity index (χ2n) is 15.2. The largest absolute Gasteiger partial charge is 0.497 e. The lowest BCUT2D eigenvalue weighted by Crippen LogP contribution is -1.95. The topological polar surface area (TPSA) is 66.0 Å². The highest BCUT2D eigenvalue weighted by molar-refractivity contribution is 6.30. The van der Waals surface area contributed by atoms with Crippen molar-refractivity contribution in [2.75, 3.05) is 14.2 Å². The fourth-order valence-corrected chi connectivity index (χ4v) is 10.2. The maximum Gasteiger partial charge on any atom is 0.119 e. The summed E-state index contributed by atoms with van der Waals surface area (Å²) in [6.45, 7) is 0. The molecular formula is C54H30N2O2. The van der Waals surface area contributed by atoms with Crippen LogP contribution < -0.4 is 9.47 Å². The van der Waals surface area contributed by atoms with Gasteiger partial charge in [0.05, 0.1) is 37.5 Å². The van der Waals surface area contributed by atoms with E-state index in [9.17, 15) is 10.5 Å². The van der Waals surface area contributed by atoms with E-state index in [0.29, 0.717) is 22.6 Å². The molecule has 0 N–H and O–H groups in total. The van der Waals surface area contributed by atoms with Crippen molar-refractivity contribution in [1.82, 2.24) is 0 Å². The molecule has 0 saturated carbocycles. The molecule has 4 heteroatoms. The van der Waals surface area contributed by atoms with Crippen molar-refractivity contribution in [1.29, 1.82) is 10.5 Å². The smallest absolute Gasteiger partial charge is 0.119 e. The van der Waals surface area contributed by atoms with E-state index < -0.39 is 0 Å². The molecule has 0 saturated heterocycles. The standard InChI is InChI=1S/C54H30N2O2/c1-57-33-17-15-31(27-55)43(23-33)51-39-21-19-36-35(45(39)25-47-37-11-3-7-29-9-5-13-41(49(29)37)53(47)51)20-22-40-46(36)26-48-38-12-4-8-30-10-6-14-42(50(30)38)54(48)52(40)44-24-34(58-2)18-16-32(44)28-56/h3-26H,1-2H3. The molecule has 4 nitrogen and oxygen atoms in total. The van der Waals surface area contributed by atoms with Crippen LogP contribution in [0, 0.1) is 22.7 Å². The first-order valence-electron chi connectivity index (χ1n) is 19.4. The first-order valence-corrected chi connectivity index (χ1v) is 19.4. The van der Waals surface area contributed by atoms with Crippen molar-refractivity contribution >= 4 is 53.9 Å². The Morgan fingerprint density at radius 1 is 0.345 bits per heavy atom. The molecular weight excluding hydrogens is 709 g/mol. The second kappa shape index (κ2) is 11.8. The molecule has 10 aromatic rings. The number of nitrogens with zero attached hydrogens (tertiary/aromatic N) is 2. The van der Waals surface area contributed by atoms with Gasteiger partial charge in [0.1, 0.15) is 11.5 Å². The van der Waals surface area contributed by atoms with Crippen molar-refractivity contribution < 1.29 is 9.47 Å². The third-order valence-electron chi connectivity index (χ3n) is 12.6. The molecule has 2 aliphatic rings. The number of benzene rings is 10. The van der Waals surface area contributed by atoms with Crippen molar-refractivity contribution in [3.63, 3.8) is 0 Å². The van der Waals surface area contributed by atoms with Gasteiger partial charge in [0.25, 0.3) is 0 Å². The van der Waals surface area contributed by atoms with E-state index in [4.69, 9.17) is 9.47 Å². The molecule has 0 fully saturated rings. The van der Waals surface area contributed by atoms with Crippen molar-refractivity contribution in [2.24, 2.45) is 0 Å². The Kier molecular flexibility index (Phi) is 6.58. The van der Waals surface area contributed by atoms with E-state index in [1.165, 1.54) is 43.8 Å². The van der Waals surface area contributed by atoms with Gasteiger partial charge in [-0.3, -0.25) is 0 Å². The summed E-state index contributed by atoms with van der Waals surface area (Å²) in [7, 11) is 3.34. The quantitative estimate of drug-likeness (QED) is 0.169. The Morgan fingerprint density at radius 3 is 1.14 bits per heavy atom. The molecule has 0 heterocycles. The Labute approximate surface area is 334 Å². The predicted octanol–water partition coefficient (Wildman–Crippen LogP) is 13.8. The highest BCUT2D eigenvalue weighted by Crippen LogP contribution is 2.57. The molecule has 0 radical (unpaired) electrons. The number of nitriles is 2. The first-order chi connectivity index (χ1) is 28.6. The molecule has 0 amide bonds. The van der Waals surface area contributed by atoms with Gasteiger partial charge in [-0.15, -0.1) is 0 Å². The van der Waals surface area contributed by atoms with Crippen LogP contribution in [0.1, 0.15) is 11.1 Å². The lowest BCUT2D eigenvalue weighted by molar-refractivity contribution is 0.415. The number of rotatable bonds is 4. The molecule has 0 unspecified atom stereocenters. The van der Waals surface area contributed by atoms with Crippen LogP contribution in [-0.2, 0) is 0 Å². The zero-order valence-electron chi connectivity index (χ0n) is 31.6. The van der Waals surface area contributed by atoms with Gasteiger partial charge in [-0.25, -0.2) is 0 Å². The molecule has 2 aliphatic carbocycles. The molecule has 58 heavy (non-hydrogen) atoms.